The van der Waals surface area contributed by atoms with Crippen molar-refractivity contribution in [1.82, 2.24) is 9.88 Å². The predicted molar refractivity (Wildman–Crippen MR) is 116 cm³/mol. The van der Waals surface area contributed by atoms with Crippen LogP contribution in [0, 0.1) is 6.92 Å². The number of fused-ring (bicyclic) bond motifs is 1. The van der Waals surface area contributed by atoms with E-state index in [1.165, 1.54) is 7.11 Å². The fourth-order valence-electron chi connectivity index (χ4n) is 3.91. The number of methoxy groups -OCH3 is 1. The monoisotopic (exact) mass is 440 g/mol. The van der Waals surface area contributed by atoms with Crippen LogP contribution in [0.2, 0.25) is 0 Å². The molecule has 2 N–H and O–H groups in total. The largest absolute Gasteiger partial charge is 0.502 e. The molecule has 0 radical (unpaired) electrons. The molecule has 1 atom stereocenters. The van der Waals surface area contributed by atoms with Gasteiger partial charge in [-0.25, -0.2) is 0 Å². The zero-order valence-corrected chi connectivity index (χ0v) is 17.8. The van der Waals surface area contributed by atoms with Crippen molar-refractivity contribution in [3.05, 3.63) is 68.0 Å². The van der Waals surface area contributed by atoms with E-state index in [9.17, 15) is 19.5 Å². The van der Waals surface area contributed by atoms with E-state index in [-0.39, 0.29) is 29.4 Å². The quantitative estimate of drug-likeness (QED) is 0.621. The van der Waals surface area contributed by atoms with Crippen LogP contribution in [0.15, 0.2) is 44.3 Å². The summed E-state index contributed by atoms with van der Waals surface area (Å²) < 4.78 is 16.2. The zero-order valence-electron chi connectivity index (χ0n) is 17.8. The number of hydrogen-bond acceptors (Lipinski definition) is 7. The van der Waals surface area contributed by atoms with Gasteiger partial charge in [-0.3, -0.25) is 14.4 Å². The minimum absolute atomic E-state index is 0.102. The van der Waals surface area contributed by atoms with Crippen LogP contribution in [0.25, 0.3) is 10.9 Å². The van der Waals surface area contributed by atoms with Crippen molar-refractivity contribution < 1.29 is 23.8 Å². The van der Waals surface area contributed by atoms with Gasteiger partial charge in [0.15, 0.2) is 5.76 Å². The molecule has 3 heterocycles. The Hall–Kier alpha value is -3.59. The van der Waals surface area contributed by atoms with E-state index < -0.39 is 22.7 Å². The molecule has 1 amide bonds. The molecule has 0 spiro atoms. The van der Waals surface area contributed by atoms with Crippen LogP contribution in [-0.4, -0.2) is 54.3 Å². The number of nitrogens with one attached hydrogen (secondary N) is 1. The Morgan fingerprint density at radius 2 is 1.97 bits per heavy atom. The number of H-pyrrole nitrogens is 1. The maximum Gasteiger partial charge on any atom is 0.252 e. The fraction of sp³-hybridized carbons (Fsp3) is 0.348. The van der Waals surface area contributed by atoms with Crippen LogP contribution < -0.4 is 15.7 Å². The van der Waals surface area contributed by atoms with Gasteiger partial charge in [0.05, 0.1) is 31.8 Å². The molecular weight excluding hydrogens is 416 g/mol. The van der Waals surface area contributed by atoms with Crippen LogP contribution in [-0.2, 0) is 9.53 Å². The van der Waals surface area contributed by atoms with Crippen LogP contribution >= 0.6 is 0 Å². The molecule has 32 heavy (non-hydrogen) atoms. The summed E-state index contributed by atoms with van der Waals surface area (Å²) in [5.41, 5.74) is -0.303. The standard InChI is InChI=1S/C23H24N2O7/c1-13-9-19(26)21(28)22(32-13)16(12-20(27)25-5-7-31-8-6-25)17-10-14-3-4-15(30-2)11-18(14)24-23(17)29/h3-4,9-11,16,28H,5-8,12H2,1-2H3,(H,24,29)/t16-/m1/s1. The first-order valence-corrected chi connectivity index (χ1v) is 10.3. The van der Waals surface area contributed by atoms with Crippen molar-refractivity contribution in [2.24, 2.45) is 0 Å². The van der Waals surface area contributed by atoms with Crippen LogP contribution in [0.5, 0.6) is 11.5 Å². The molecule has 4 rings (SSSR count). The number of ether oxygens (including phenoxy) is 2. The summed E-state index contributed by atoms with van der Waals surface area (Å²) >= 11 is 0. The molecule has 0 aliphatic carbocycles. The van der Waals surface area contributed by atoms with Crippen molar-refractivity contribution >= 4 is 16.8 Å². The van der Waals surface area contributed by atoms with Gasteiger partial charge in [0.25, 0.3) is 5.56 Å². The molecule has 0 unspecified atom stereocenters. The van der Waals surface area contributed by atoms with Crippen LogP contribution in [0.1, 0.15) is 29.4 Å². The molecule has 1 saturated heterocycles. The summed E-state index contributed by atoms with van der Waals surface area (Å²) in [6.45, 7) is 3.30. The number of nitrogens with zero attached hydrogens (tertiary/aromatic N) is 1. The Bertz CT molecular complexity index is 1270. The number of morpholine rings is 1. The van der Waals surface area contributed by atoms with E-state index in [0.29, 0.717) is 43.0 Å². The molecule has 1 fully saturated rings. The van der Waals surface area contributed by atoms with E-state index >= 15 is 0 Å². The van der Waals surface area contributed by atoms with Gasteiger partial charge in [0, 0.05) is 37.2 Å². The lowest BCUT2D eigenvalue weighted by atomic mass is 9.91. The number of aryl methyl sites for hydroxylation is 1. The molecule has 0 bridgehead atoms. The molecule has 168 valence electrons. The van der Waals surface area contributed by atoms with E-state index in [1.807, 2.05) is 0 Å². The van der Waals surface area contributed by atoms with Gasteiger partial charge in [-0.05, 0) is 30.5 Å². The van der Waals surface area contributed by atoms with Gasteiger partial charge in [-0.2, -0.15) is 0 Å². The van der Waals surface area contributed by atoms with Crippen molar-refractivity contribution in [2.75, 3.05) is 33.4 Å². The number of rotatable bonds is 5. The molecule has 0 saturated carbocycles. The average molecular weight is 440 g/mol. The SMILES string of the molecule is COc1ccc2cc([C@@H](CC(=O)N3CCOCC3)c3oc(C)cc(=O)c3O)c(=O)[nH]c2c1. The molecule has 2 aromatic heterocycles. The van der Waals surface area contributed by atoms with E-state index in [1.54, 1.807) is 36.1 Å². The number of aromatic amines is 1. The number of pyridine rings is 1. The molecule has 3 aromatic rings. The lowest BCUT2D eigenvalue weighted by Gasteiger charge is -2.28. The highest BCUT2D eigenvalue weighted by Gasteiger charge is 2.30. The number of carbonyl (C=O) groups is 1. The molecule has 9 nitrogen and oxygen atoms in total. The Morgan fingerprint density at radius 1 is 1.22 bits per heavy atom. The number of benzene rings is 1. The molecule has 1 aliphatic rings. The Labute approximate surface area is 183 Å². The van der Waals surface area contributed by atoms with Gasteiger partial charge >= 0.3 is 0 Å². The highest BCUT2D eigenvalue weighted by atomic mass is 16.5. The maximum atomic E-state index is 13.0. The number of aromatic nitrogens is 1. The van der Waals surface area contributed by atoms with Gasteiger partial charge in [-0.1, -0.05) is 0 Å². The van der Waals surface area contributed by atoms with Gasteiger partial charge in [-0.15, -0.1) is 0 Å². The first kappa shape index (κ1) is 21.6. The highest BCUT2D eigenvalue weighted by molar-refractivity contribution is 5.82. The Morgan fingerprint density at radius 3 is 2.69 bits per heavy atom. The summed E-state index contributed by atoms with van der Waals surface area (Å²) in [4.78, 5) is 42.8. The topological polar surface area (TPSA) is 122 Å². The lowest BCUT2D eigenvalue weighted by Crippen LogP contribution is -2.41. The maximum absolute atomic E-state index is 13.0. The van der Waals surface area contributed by atoms with Crippen molar-refractivity contribution in [1.29, 1.82) is 0 Å². The van der Waals surface area contributed by atoms with Crippen LogP contribution in [0.4, 0.5) is 0 Å². The number of hydrogen-bond donors (Lipinski definition) is 2. The highest BCUT2D eigenvalue weighted by Crippen LogP contribution is 2.33. The summed E-state index contributed by atoms with van der Waals surface area (Å²) in [6.07, 6.45) is -0.148. The third-order valence-corrected chi connectivity index (χ3v) is 5.59. The summed E-state index contributed by atoms with van der Waals surface area (Å²) in [7, 11) is 1.53. The van der Waals surface area contributed by atoms with E-state index in [4.69, 9.17) is 13.9 Å². The summed E-state index contributed by atoms with van der Waals surface area (Å²) in [6, 6.07) is 8.03. The van der Waals surface area contributed by atoms with E-state index in [0.717, 1.165) is 6.07 Å². The predicted octanol–water partition coefficient (Wildman–Crippen LogP) is 1.88. The fourth-order valence-corrected chi connectivity index (χ4v) is 3.91. The second-order valence-electron chi connectivity index (χ2n) is 7.69. The van der Waals surface area contributed by atoms with Gasteiger partial charge in [0.1, 0.15) is 11.5 Å². The zero-order chi connectivity index (χ0) is 22.8. The summed E-state index contributed by atoms with van der Waals surface area (Å²) in [5.74, 6) is -1.03. The van der Waals surface area contributed by atoms with Crippen molar-refractivity contribution in [2.45, 2.75) is 19.3 Å². The van der Waals surface area contributed by atoms with Crippen molar-refractivity contribution in [3.63, 3.8) is 0 Å². The van der Waals surface area contributed by atoms with Gasteiger partial charge in [0.2, 0.25) is 17.1 Å². The van der Waals surface area contributed by atoms with Crippen LogP contribution in [0.3, 0.4) is 0 Å². The molecule has 1 aliphatic heterocycles. The third-order valence-electron chi connectivity index (χ3n) is 5.59. The van der Waals surface area contributed by atoms with Gasteiger partial charge < -0.3 is 28.9 Å². The number of amides is 1. The first-order valence-electron chi connectivity index (χ1n) is 10.3. The smallest absolute Gasteiger partial charge is 0.252 e. The number of aromatic hydroxyl groups is 1. The second-order valence-corrected chi connectivity index (χ2v) is 7.69. The summed E-state index contributed by atoms with van der Waals surface area (Å²) in [5, 5.41) is 11.2. The second kappa shape index (κ2) is 8.88. The molecular formula is C23H24N2O7. The third kappa shape index (κ3) is 4.24. The first-order chi connectivity index (χ1) is 15.4. The normalized spacial score (nSPS) is 15.0. The molecule has 9 heteroatoms. The Balaban J connectivity index is 1.84. The number of carbonyl (C=O) groups excluding carboxylic acids is 1. The van der Waals surface area contributed by atoms with Crippen molar-refractivity contribution in [3.8, 4) is 11.5 Å². The average Bonchev–Trinajstić information content (AvgIpc) is 2.79. The Kier molecular flexibility index (Phi) is 6.00. The molecule has 1 aromatic carbocycles. The minimum Gasteiger partial charge on any atom is -0.502 e. The lowest BCUT2D eigenvalue weighted by molar-refractivity contribution is -0.135. The van der Waals surface area contributed by atoms with E-state index in [2.05, 4.69) is 4.98 Å². The minimum atomic E-state index is -0.951.